The predicted molar refractivity (Wildman–Crippen MR) is 134 cm³/mol. The van der Waals surface area contributed by atoms with Crippen LogP contribution in [-0.4, -0.2) is 31.3 Å². The summed E-state index contributed by atoms with van der Waals surface area (Å²) in [6, 6.07) is 18.6. The van der Waals surface area contributed by atoms with Crippen molar-refractivity contribution in [2.24, 2.45) is 0 Å². The van der Waals surface area contributed by atoms with Crippen LogP contribution < -0.4 is 0 Å². The molecule has 8 heteroatoms. The van der Waals surface area contributed by atoms with Crippen molar-refractivity contribution in [1.82, 2.24) is 9.88 Å². The molecule has 0 saturated heterocycles. The first-order valence-corrected chi connectivity index (χ1v) is 13.5. The Kier molecular flexibility index (Phi) is 5.68. The first-order chi connectivity index (χ1) is 15.8. The molecule has 0 aliphatic carbocycles. The molecule has 0 N–H and O–H groups in total. The zero-order chi connectivity index (χ0) is 23.2. The van der Waals surface area contributed by atoms with Gasteiger partial charge in [-0.1, -0.05) is 28.1 Å². The summed E-state index contributed by atoms with van der Waals surface area (Å²) < 4.78 is 26.4. The molecule has 1 amide bonds. The summed E-state index contributed by atoms with van der Waals surface area (Å²) in [6.07, 6.45) is 3.35. The number of benzene rings is 2. The van der Waals surface area contributed by atoms with Crippen molar-refractivity contribution < 1.29 is 13.2 Å². The van der Waals surface area contributed by atoms with E-state index in [1.807, 2.05) is 37.4 Å². The Morgan fingerprint density at radius 2 is 1.79 bits per heavy atom. The summed E-state index contributed by atoms with van der Waals surface area (Å²) in [7, 11) is -1.68. The smallest absolute Gasteiger partial charge is 0.254 e. The number of fused-ring (bicyclic) bond motifs is 1. The number of hydrogen-bond acceptors (Lipinski definition) is 5. The van der Waals surface area contributed by atoms with E-state index in [0.717, 1.165) is 36.5 Å². The third kappa shape index (κ3) is 4.38. The minimum atomic E-state index is -3.49. The van der Waals surface area contributed by atoms with Gasteiger partial charge < -0.3 is 4.90 Å². The summed E-state index contributed by atoms with van der Waals surface area (Å²) in [5.41, 5.74) is 4.39. The van der Waals surface area contributed by atoms with Gasteiger partial charge in [-0.3, -0.25) is 9.78 Å². The Morgan fingerprint density at radius 1 is 1.00 bits per heavy atom. The highest BCUT2D eigenvalue weighted by molar-refractivity contribution is 9.10. The fourth-order valence-electron chi connectivity index (χ4n) is 3.93. The number of thiophene rings is 1. The van der Waals surface area contributed by atoms with Gasteiger partial charge in [-0.05, 0) is 65.2 Å². The van der Waals surface area contributed by atoms with E-state index in [1.54, 1.807) is 52.9 Å². The number of aromatic nitrogens is 1. The zero-order valence-corrected chi connectivity index (χ0v) is 20.9. The first-order valence-electron chi connectivity index (χ1n) is 10.2. The van der Waals surface area contributed by atoms with E-state index >= 15 is 0 Å². The van der Waals surface area contributed by atoms with Crippen molar-refractivity contribution in [2.45, 2.75) is 17.2 Å². The van der Waals surface area contributed by atoms with Gasteiger partial charge in [-0.15, -0.1) is 11.3 Å². The molecule has 5 nitrogen and oxygen atoms in total. The Morgan fingerprint density at radius 3 is 2.58 bits per heavy atom. The number of amides is 1. The molecule has 0 atom stereocenters. The maximum absolute atomic E-state index is 12.9. The Labute approximate surface area is 204 Å². The fraction of sp³-hybridized carbons (Fsp3) is 0.120. The highest BCUT2D eigenvalue weighted by Crippen LogP contribution is 2.36. The predicted octanol–water partition coefficient (Wildman–Crippen LogP) is 5.80. The van der Waals surface area contributed by atoms with Crippen LogP contribution in [0.2, 0.25) is 0 Å². The van der Waals surface area contributed by atoms with Crippen molar-refractivity contribution in [3.63, 3.8) is 0 Å². The molecule has 4 aromatic rings. The van der Waals surface area contributed by atoms with Gasteiger partial charge in [0.25, 0.3) is 5.91 Å². The van der Waals surface area contributed by atoms with Crippen molar-refractivity contribution in [1.29, 1.82) is 0 Å². The van der Waals surface area contributed by atoms with E-state index in [9.17, 15) is 13.2 Å². The van der Waals surface area contributed by atoms with Gasteiger partial charge in [0, 0.05) is 51.3 Å². The number of carbonyl (C=O) groups is 1. The largest absolute Gasteiger partial charge is 0.337 e. The average molecular weight is 539 g/mol. The maximum atomic E-state index is 12.9. The lowest BCUT2D eigenvalue weighted by molar-refractivity contribution is 0.0816. The van der Waals surface area contributed by atoms with Crippen LogP contribution in [0.5, 0.6) is 0 Å². The molecule has 1 aliphatic heterocycles. The van der Waals surface area contributed by atoms with E-state index in [-0.39, 0.29) is 16.6 Å². The van der Waals surface area contributed by atoms with Crippen LogP contribution in [0.25, 0.3) is 20.9 Å². The molecule has 3 heterocycles. The lowest BCUT2D eigenvalue weighted by atomic mass is 10.1. The Balaban J connectivity index is 1.41. The molecule has 5 rings (SSSR count). The molecular formula is C25H19BrN2O3S2. The number of carbonyl (C=O) groups excluding carboxylic acids is 1. The SMILES string of the molecule is CN1Cc2cc(-c3ccc(-c4cncc(CS(=O)(=O)c5cccc(Br)c5)c4)s3)ccc2C1=O. The van der Waals surface area contributed by atoms with Gasteiger partial charge in [0.15, 0.2) is 9.84 Å². The van der Waals surface area contributed by atoms with E-state index in [0.29, 0.717) is 12.1 Å². The molecule has 2 aromatic carbocycles. The molecule has 0 fully saturated rings. The monoisotopic (exact) mass is 538 g/mol. The van der Waals surface area contributed by atoms with Crippen LogP contribution in [0.1, 0.15) is 21.5 Å². The number of hydrogen-bond donors (Lipinski definition) is 0. The van der Waals surface area contributed by atoms with Gasteiger partial charge in [0.2, 0.25) is 0 Å². The minimum absolute atomic E-state index is 0.0594. The van der Waals surface area contributed by atoms with Crippen LogP contribution in [0.3, 0.4) is 0 Å². The maximum Gasteiger partial charge on any atom is 0.254 e. The standard InChI is InChI=1S/C25H19BrN2O3S2/c1-28-14-19-10-17(5-6-22(19)25(28)29)23-7-8-24(32-23)18-9-16(12-27-13-18)15-33(30,31)21-4-2-3-20(26)11-21/h2-13H,14-15H2,1H3. The first kappa shape index (κ1) is 22.0. The number of halogens is 1. The molecule has 0 spiro atoms. The lowest BCUT2D eigenvalue weighted by Gasteiger charge is -2.06. The van der Waals surface area contributed by atoms with Crippen molar-refractivity contribution in [3.8, 4) is 20.9 Å². The van der Waals surface area contributed by atoms with Crippen molar-refractivity contribution in [2.75, 3.05) is 7.05 Å². The van der Waals surface area contributed by atoms with Crippen molar-refractivity contribution >= 4 is 43.0 Å². The summed E-state index contributed by atoms with van der Waals surface area (Å²) in [5, 5.41) is 0. The van der Waals surface area contributed by atoms with Crippen LogP contribution in [-0.2, 0) is 22.1 Å². The van der Waals surface area contributed by atoms with Gasteiger partial charge >= 0.3 is 0 Å². The number of rotatable bonds is 5. The molecule has 166 valence electrons. The highest BCUT2D eigenvalue weighted by Gasteiger charge is 2.24. The van der Waals surface area contributed by atoms with Gasteiger partial charge in [-0.2, -0.15) is 0 Å². The van der Waals surface area contributed by atoms with Crippen molar-refractivity contribution in [3.05, 3.63) is 94.2 Å². The zero-order valence-electron chi connectivity index (χ0n) is 17.7. The molecule has 1 aliphatic rings. The van der Waals surface area contributed by atoms with Crippen LogP contribution in [0.15, 0.2) is 82.4 Å². The number of nitrogens with zero attached hydrogens (tertiary/aromatic N) is 2. The molecule has 0 bridgehead atoms. The lowest BCUT2D eigenvalue weighted by Crippen LogP contribution is -2.17. The van der Waals surface area contributed by atoms with Crippen LogP contribution in [0.4, 0.5) is 0 Å². The van der Waals surface area contributed by atoms with Gasteiger partial charge in [0.1, 0.15) is 0 Å². The second-order valence-corrected chi connectivity index (χ2v) is 12.0. The Bertz CT molecular complexity index is 1500. The second-order valence-electron chi connectivity index (χ2n) is 8.00. The third-order valence-corrected chi connectivity index (χ3v) is 8.93. The van der Waals surface area contributed by atoms with Crippen LogP contribution >= 0.6 is 27.3 Å². The van der Waals surface area contributed by atoms with E-state index in [2.05, 4.69) is 27.0 Å². The van der Waals surface area contributed by atoms with E-state index < -0.39 is 9.84 Å². The summed E-state index contributed by atoms with van der Waals surface area (Å²) in [6.45, 7) is 0.624. The van der Waals surface area contributed by atoms with Gasteiger partial charge in [0.05, 0.1) is 10.6 Å². The molecule has 2 aromatic heterocycles. The summed E-state index contributed by atoms with van der Waals surface area (Å²) in [4.78, 5) is 20.5. The highest BCUT2D eigenvalue weighted by atomic mass is 79.9. The topological polar surface area (TPSA) is 67.3 Å². The van der Waals surface area contributed by atoms with Gasteiger partial charge in [-0.25, -0.2) is 8.42 Å². The number of pyridine rings is 1. The Hall–Kier alpha value is -2.81. The minimum Gasteiger partial charge on any atom is -0.337 e. The van der Waals surface area contributed by atoms with Crippen LogP contribution in [0, 0.1) is 0 Å². The molecule has 0 radical (unpaired) electrons. The normalized spacial score (nSPS) is 13.4. The molecule has 33 heavy (non-hydrogen) atoms. The molecule has 0 saturated carbocycles. The number of sulfone groups is 1. The molecule has 0 unspecified atom stereocenters. The average Bonchev–Trinajstić information content (AvgIpc) is 3.39. The summed E-state index contributed by atoms with van der Waals surface area (Å²) >= 11 is 4.95. The second kappa shape index (κ2) is 8.52. The quantitative estimate of drug-likeness (QED) is 0.322. The van der Waals surface area contributed by atoms with E-state index in [4.69, 9.17) is 0 Å². The molecular weight excluding hydrogens is 520 g/mol. The fourth-order valence-corrected chi connectivity index (χ4v) is 6.82. The van der Waals surface area contributed by atoms with E-state index in [1.165, 1.54) is 0 Å². The third-order valence-electron chi connectivity index (χ3n) is 5.57. The summed E-state index contributed by atoms with van der Waals surface area (Å²) in [5.74, 6) is -0.0568.